The summed E-state index contributed by atoms with van der Waals surface area (Å²) in [5.74, 6) is 1.52. The first-order valence-corrected chi connectivity index (χ1v) is 8.02. The summed E-state index contributed by atoms with van der Waals surface area (Å²) in [7, 11) is 1.61. The van der Waals surface area contributed by atoms with Crippen LogP contribution in [-0.2, 0) is 0 Å². The van der Waals surface area contributed by atoms with Gasteiger partial charge in [-0.05, 0) is 42.2 Å². The van der Waals surface area contributed by atoms with E-state index in [0.717, 1.165) is 27.7 Å². The Morgan fingerprint density at radius 1 is 1.18 bits per heavy atom. The summed E-state index contributed by atoms with van der Waals surface area (Å²) in [6, 6.07) is 14.8. The van der Waals surface area contributed by atoms with Gasteiger partial charge in [-0.15, -0.1) is 0 Å². The van der Waals surface area contributed by atoms with Gasteiger partial charge >= 0.3 is 0 Å². The maximum atomic E-state index is 12.9. The van der Waals surface area contributed by atoms with Crippen LogP contribution < -0.4 is 4.74 Å². The minimum Gasteiger partial charge on any atom is -0.497 e. The molecule has 0 radical (unpaired) electrons. The number of para-hydroxylation sites is 2. The molecule has 5 heteroatoms. The van der Waals surface area contributed by atoms with E-state index in [0.29, 0.717) is 5.56 Å². The molecule has 3 rings (SSSR count). The highest BCUT2D eigenvalue weighted by atomic mass is 32.2. The third kappa shape index (κ3) is 2.60. The lowest BCUT2D eigenvalue weighted by Crippen LogP contribution is -2.13. The number of hydrogen-bond acceptors (Lipinski definition) is 4. The van der Waals surface area contributed by atoms with Crippen molar-refractivity contribution in [2.45, 2.75) is 12.1 Å². The van der Waals surface area contributed by atoms with E-state index >= 15 is 0 Å². The van der Waals surface area contributed by atoms with Crippen LogP contribution in [0.2, 0.25) is 0 Å². The Bertz CT molecular complexity index is 809. The molecule has 2 aromatic carbocycles. The molecule has 1 heterocycles. The van der Waals surface area contributed by atoms with Crippen molar-refractivity contribution in [1.29, 1.82) is 0 Å². The summed E-state index contributed by atoms with van der Waals surface area (Å²) in [5, 5.41) is 0.726. The Morgan fingerprint density at radius 2 is 1.91 bits per heavy atom. The van der Waals surface area contributed by atoms with Crippen LogP contribution in [0.3, 0.4) is 0 Å². The number of nitrogens with zero attached hydrogens (tertiary/aromatic N) is 2. The standard InChI is InChI=1S/C17H16N2O2S/c1-3-22-17-18-14-6-4-5-7-15(14)19(17)16(20)12-8-10-13(21-2)11-9-12/h4-11H,3H2,1-2H3. The van der Waals surface area contributed by atoms with Crippen molar-refractivity contribution in [3.63, 3.8) is 0 Å². The molecule has 0 spiro atoms. The van der Waals surface area contributed by atoms with E-state index in [9.17, 15) is 4.79 Å². The number of carbonyl (C=O) groups excluding carboxylic acids is 1. The van der Waals surface area contributed by atoms with Crippen molar-refractivity contribution in [3.05, 3.63) is 54.1 Å². The van der Waals surface area contributed by atoms with E-state index in [4.69, 9.17) is 4.74 Å². The molecule has 22 heavy (non-hydrogen) atoms. The maximum absolute atomic E-state index is 12.9. The smallest absolute Gasteiger partial charge is 0.264 e. The van der Waals surface area contributed by atoms with Crippen LogP contribution in [-0.4, -0.2) is 28.3 Å². The zero-order chi connectivity index (χ0) is 15.5. The minimum atomic E-state index is -0.0766. The maximum Gasteiger partial charge on any atom is 0.264 e. The van der Waals surface area contributed by atoms with Crippen LogP contribution in [0.25, 0.3) is 11.0 Å². The van der Waals surface area contributed by atoms with Crippen LogP contribution in [0, 0.1) is 0 Å². The number of methoxy groups -OCH3 is 1. The molecule has 0 aliphatic carbocycles. The lowest BCUT2D eigenvalue weighted by Gasteiger charge is -2.07. The first kappa shape index (κ1) is 14.7. The van der Waals surface area contributed by atoms with Gasteiger partial charge in [-0.3, -0.25) is 9.36 Å². The van der Waals surface area contributed by atoms with Crippen LogP contribution in [0.1, 0.15) is 17.3 Å². The van der Waals surface area contributed by atoms with E-state index in [1.807, 2.05) is 31.2 Å². The summed E-state index contributed by atoms with van der Waals surface area (Å²) < 4.78 is 6.82. The Kier molecular flexibility index (Phi) is 4.15. The quantitative estimate of drug-likeness (QED) is 0.687. The molecule has 0 bridgehead atoms. The number of ether oxygens (including phenoxy) is 1. The molecular weight excluding hydrogens is 296 g/mol. The first-order valence-electron chi connectivity index (χ1n) is 7.03. The highest BCUT2D eigenvalue weighted by molar-refractivity contribution is 7.99. The van der Waals surface area contributed by atoms with Crippen molar-refractivity contribution in [1.82, 2.24) is 9.55 Å². The molecule has 0 saturated carbocycles. The predicted octanol–water partition coefficient (Wildman–Crippen LogP) is 3.85. The van der Waals surface area contributed by atoms with E-state index < -0.39 is 0 Å². The summed E-state index contributed by atoms with van der Waals surface area (Å²) >= 11 is 1.56. The van der Waals surface area contributed by atoms with Crippen molar-refractivity contribution in [3.8, 4) is 5.75 Å². The molecule has 0 saturated heterocycles. The van der Waals surface area contributed by atoms with Crippen LogP contribution in [0.15, 0.2) is 53.7 Å². The second-order valence-corrected chi connectivity index (χ2v) is 5.92. The van der Waals surface area contributed by atoms with E-state index in [1.165, 1.54) is 0 Å². The Labute approximate surface area is 133 Å². The summed E-state index contributed by atoms with van der Waals surface area (Å²) in [4.78, 5) is 17.4. The number of fused-ring (bicyclic) bond motifs is 1. The summed E-state index contributed by atoms with van der Waals surface area (Å²) in [6.07, 6.45) is 0. The van der Waals surface area contributed by atoms with Gasteiger partial charge in [-0.1, -0.05) is 30.8 Å². The lowest BCUT2D eigenvalue weighted by molar-refractivity contribution is 0.0955. The number of rotatable bonds is 4. The fraction of sp³-hybridized carbons (Fsp3) is 0.176. The van der Waals surface area contributed by atoms with Gasteiger partial charge in [-0.25, -0.2) is 4.98 Å². The molecule has 0 atom stereocenters. The zero-order valence-corrected chi connectivity index (χ0v) is 13.3. The van der Waals surface area contributed by atoms with Gasteiger partial charge in [0.15, 0.2) is 5.16 Å². The highest BCUT2D eigenvalue weighted by Crippen LogP contribution is 2.25. The second-order valence-electron chi connectivity index (χ2n) is 4.69. The van der Waals surface area contributed by atoms with Gasteiger partial charge in [0.1, 0.15) is 5.75 Å². The zero-order valence-electron chi connectivity index (χ0n) is 12.4. The number of benzene rings is 2. The van der Waals surface area contributed by atoms with Crippen molar-refractivity contribution in [2.24, 2.45) is 0 Å². The summed E-state index contributed by atoms with van der Waals surface area (Å²) in [6.45, 7) is 2.05. The third-order valence-corrected chi connectivity index (χ3v) is 4.16. The van der Waals surface area contributed by atoms with Gasteiger partial charge in [0.25, 0.3) is 5.91 Å². The molecule has 112 valence electrons. The Morgan fingerprint density at radius 3 is 2.59 bits per heavy atom. The third-order valence-electron chi connectivity index (χ3n) is 3.34. The molecule has 1 aromatic heterocycles. The first-order chi connectivity index (χ1) is 10.7. The largest absolute Gasteiger partial charge is 0.497 e. The second kappa shape index (κ2) is 6.23. The SMILES string of the molecule is CCSc1nc2ccccc2n1C(=O)c1ccc(OC)cc1. The molecule has 0 fully saturated rings. The Hall–Kier alpha value is -2.27. The fourth-order valence-corrected chi connectivity index (χ4v) is 3.02. The lowest BCUT2D eigenvalue weighted by atomic mass is 10.2. The van der Waals surface area contributed by atoms with E-state index in [1.54, 1.807) is 47.7 Å². The van der Waals surface area contributed by atoms with Crippen LogP contribution >= 0.6 is 11.8 Å². The topological polar surface area (TPSA) is 44.1 Å². The number of carbonyl (C=O) groups is 1. The molecule has 0 aliphatic heterocycles. The molecule has 0 aliphatic rings. The normalized spacial score (nSPS) is 10.8. The van der Waals surface area contributed by atoms with Gasteiger partial charge in [0.05, 0.1) is 18.1 Å². The number of thioether (sulfide) groups is 1. The number of imidazole rings is 1. The molecule has 0 unspecified atom stereocenters. The van der Waals surface area contributed by atoms with Crippen molar-refractivity contribution < 1.29 is 9.53 Å². The van der Waals surface area contributed by atoms with E-state index in [-0.39, 0.29) is 5.91 Å². The van der Waals surface area contributed by atoms with E-state index in [2.05, 4.69) is 4.98 Å². The molecule has 3 aromatic rings. The minimum absolute atomic E-state index is 0.0766. The molecular formula is C17H16N2O2S. The van der Waals surface area contributed by atoms with Crippen LogP contribution in [0.4, 0.5) is 0 Å². The molecule has 0 amide bonds. The van der Waals surface area contributed by atoms with Crippen molar-refractivity contribution in [2.75, 3.05) is 12.9 Å². The Balaban J connectivity index is 2.10. The summed E-state index contributed by atoms with van der Waals surface area (Å²) in [5.41, 5.74) is 2.28. The van der Waals surface area contributed by atoms with Gasteiger partial charge in [0, 0.05) is 5.56 Å². The van der Waals surface area contributed by atoms with Crippen molar-refractivity contribution >= 4 is 28.7 Å². The number of aromatic nitrogens is 2. The number of hydrogen-bond donors (Lipinski definition) is 0. The van der Waals surface area contributed by atoms with Gasteiger partial charge in [-0.2, -0.15) is 0 Å². The van der Waals surface area contributed by atoms with Crippen LogP contribution in [0.5, 0.6) is 5.75 Å². The molecule has 4 nitrogen and oxygen atoms in total. The van der Waals surface area contributed by atoms with Gasteiger partial charge < -0.3 is 4.74 Å². The monoisotopic (exact) mass is 312 g/mol. The molecule has 0 N–H and O–H groups in total. The predicted molar refractivity (Wildman–Crippen MR) is 88.9 cm³/mol. The highest BCUT2D eigenvalue weighted by Gasteiger charge is 2.18. The van der Waals surface area contributed by atoms with Gasteiger partial charge in [0.2, 0.25) is 0 Å². The average Bonchev–Trinajstić information content (AvgIpc) is 2.92. The average molecular weight is 312 g/mol. The fourth-order valence-electron chi connectivity index (χ4n) is 2.29.